The van der Waals surface area contributed by atoms with E-state index in [0.717, 1.165) is 67.2 Å². The Labute approximate surface area is 819 Å². The Morgan fingerprint density at radius 2 is 1.25 bits per heavy atom. The SMILES string of the molecule is CC[C@H](CC(C)C)C(=O)N[C@H]1C(=O)C[C@@H](CC(N)=O)C(=O)N[C@H]2C(=O)C[C@H]3C(=O)N[C@H](C(=O)N[C@H](C(=O)CCCCNCCCCNCCCN)c4cc(O)cc5c4-c4cc3ccc4C5(O)O)[C@H](O[C@H]3C[C@](C)(N)[C@@H](O)[C@H](C)O3)c3ccc(c(Cl)c3)Oc3cc2cc(c3O[C@@H]2O[C@H](CO)[C@@H](O)[C@H](O)[C@H]2O[C@H]2C[C@](C)(NCc3ccc(-c4ccc(Cl)cc4)cc3)[C@@H](O)[C@H](C)O2)Oc2ccc(cc2Cl)[C@H]1O. The number of ether oxygens (including phenoxy) is 8. The minimum absolute atomic E-state index is 0.0330. The predicted octanol–water partition coefficient (Wildman–Crippen LogP) is 7.96. The quantitative estimate of drug-likeness (QED) is 0.0140. The van der Waals surface area contributed by atoms with Gasteiger partial charge in [0, 0.05) is 78.2 Å². The van der Waals surface area contributed by atoms with Crippen LogP contribution < -0.4 is 68.6 Å². The number of hydrogen-bond donors (Lipinski definition) is 19. The van der Waals surface area contributed by atoms with Crippen LogP contribution in [0.25, 0.3) is 22.3 Å². The summed E-state index contributed by atoms with van der Waals surface area (Å²) in [7, 11) is 0. The number of Topliss-reactive ketones (excluding diaryl/α,β-unsaturated/α-hetero) is 3. The number of ketones is 3. The Kier molecular flexibility index (Phi) is 34.2. The maximum atomic E-state index is 17.0. The molecule has 5 amide bonds. The van der Waals surface area contributed by atoms with Gasteiger partial charge in [-0.1, -0.05) is 116 Å². The summed E-state index contributed by atoms with van der Waals surface area (Å²) in [6.45, 7) is 14.5. The molecule has 8 aliphatic heterocycles. The van der Waals surface area contributed by atoms with E-state index in [-0.39, 0.29) is 116 Å². The van der Waals surface area contributed by atoms with Crippen LogP contribution >= 0.6 is 34.8 Å². The van der Waals surface area contributed by atoms with Crippen LogP contribution in [0.4, 0.5) is 0 Å². The Morgan fingerprint density at radius 3 is 1.87 bits per heavy atom. The highest BCUT2D eigenvalue weighted by Crippen LogP contribution is 2.54. The van der Waals surface area contributed by atoms with Crippen LogP contribution in [0.5, 0.6) is 34.5 Å². The maximum absolute atomic E-state index is 17.0. The molecule has 35 nitrogen and oxygen atoms in total. The number of fused-ring (bicyclic) bond motifs is 12. The number of primary amides is 1. The zero-order valence-electron chi connectivity index (χ0n) is 78.3. The summed E-state index contributed by atoms with van der Waals surface area (Å²) in [6, 6.07) is 23.3. The number of hydrogen-bond acceptors (Lipinski definition) is 30. The Balaban J connectivity index is 0.943. The highest BCUT2D eigenvalue weighted by atomic mass is 35.5. The number of amides is 5. The number of unbranched alkanes of at least 4 members (excludes halogenated alkanes) is 2. The van der Waals surface area contributed by atoms with E-state index in [4.69, 9.17) is 89.9 Å². The number of benzene rings is 7. The lowest BCUT2D eigenvalue weighted by Crippen LogP contribution is -2.65. The summed E-state index contributed by atoms with van der Waals surface area (Å²) in [6.07, 6.45) is -20.7. The molecule has 0 spiro atoms. The molecule has 38 heteroatoms. The molecule has 7 aromatic carbocycles. The second-order valence-electron chi connectivity index (χ2n) is 38.2. The van der Waals surface area contributed by atoms with Gasteiger partial charge in [0.1, 0.15) is 71.9 Å². The van der Waals surface area contributed by atoms with Crippen molar-refractivity contribution in [1.29, 1.82) is 0 Å². The molecule has 16 rings (SSSR count). The summed E-state index contributed by atoms with van der Waals surface area (Å²) < 4.78 is 53.9. The number of carbonyl (C=O) groups is 8. The van der Waals surface area contributed by atoms with Gasteiger partial charge in [-0.3, -0.25) is 38.4 Å². The molecule has 0 radical (unpaired) electrons. The van der Waals surface area contributed by atoms with Crippen molar-refractivity contribution in [1.82, 2.24) is 37.2 Å². The number of nitrogens with one attached hydrogen (secondary N) is 7. The first kappa shape index (κ1) is 105. The van der Waals surface area contributed by atoms with Crippen LogP contribution in [0.3, 0.4) is 0 Å². The standard InChI is InChI=1S/C101H125Cl3N10O25/c1-8-53(34-49(2)3)94(126)113-84-71(118)38-60(41-78(106)120)95(127)111-82-59-39-75(134-73-27-22-57(86(84)121)36-68(73)103)90(139-98-91(88(123)87(122)77(48-115)136-98)138-80-46-100(7,93(125)51(5)133-80)110-47-52-15-17-54(18-16-52)55-19-24-61(102)25-20-55)76(40-59)135-74-28-23-58(37-69(74)104)89(137-79-45-99(6,107)92(124)50(4)132-79)85-97(129)112-83(70(117)14-9-10-30-108-31-11-12-32-109-33-13-29-105)65-42-62(116)43-67-81(65)64-35-56(21-26-66(64)101(67,130)131)63(44-72(82)119)96(128)114-85/h15-28,35-37,39-40,42-43,49-51,53,60,63,77,79-80,82-89,91-93,98,108-110,115-116,121-125,130-131H,8-14,29-34,38,41,44-48,105,107H2,1-7H3,(H2,106,120)(H,111,127)(H,112,129)(H,113,126)(H,114,128)/t50-,51-,53+,60-,63+,77+,79-,80-,82+,83-,84-,85-,86+,87+,88-,89+,91+,92-,93-,98-,99-,100-/m0/s1. The molecule has 3 saturated heterocycles. The normalized spacial score (nSPS) is 28.7. The molecule has 0 unspecified atom stereocenters. The number of aliphatic hydroxyl groups excluding tert-OH is 6. The first-order valence-electron chi connectivity index (χ1n) is 47.3. The molecule has 139 heavy (non-hydrogen) atoms. The zero-order chi connectivity index (χ0) is 100.0. The molecule has 22 atom stereocenters. The van der Waals surface area contributed by atoms with Crippen molar-refractivity contribution in [2.24, 2.45) is 35.0 Å². The van der Waals surface area contributed by atoms with Crippen LogP contribution in [-0.2, 0) is 74.4 Å². The minimum Gasteiger partial charge on any atom is -0.508 e. The molecule has 3 fully saturated rings. The van der Waals surface area contributed by atoms with Crippen molar-refractivity contribution < 1.29 is 122 Å². The molecular weight excluding hydrogens is 1860 g/mol. The Bertz CT molecular complexity index is 5630. The van der Waals surface area contributed by atoms with Crippen molar-refractivity contribution >= 4 is 81.7 Å². The fraction of sp³-hybridized carbons (Fsp3) is 0.505. The van der Waals surface area contributed by atoms with Gasteiger partial charge in [-0.2, -0.15) is 0 Å². The van der Waals surface area contributed by atoms with Gasteiger partial charge in [-0.15, -0.1) is 0 Å². The molecule has 1 aliphatic carbocycles. The maximum Gasteiger partial charge on any atom is 0.246 e. The van der Waals surface area contributed by atoms with Crippen LogP contribution in [-0.4, -0.2) is 223 Å². The van der Waals surface area contributed by atoms with E-state index >= 15 is 28.8 Å². The fourth-order valence-electron chi connectivity index (χ4n) is 19.4. The Hall–Kier alpha value is -9.75. The van der Waals surface area contributed by atoms with Gasteiger partial charge < -0.3 is 138 Å². The molecule has 7 aromatic rings. The summed E-state index contributed by atoms with van der Waals surface area (Å²) >= 11 is 21.2. The van der Waals surface area contributed by atoms with Crippen molar-refractivity contribution in [2.75, 3.05) is 39.3 Å². The second kappa shape index (κ2) is 45.2. The highest BCUT2D eigenvalue weighted by Gasteiger charge is 2.54. The lowest BCUT2D eigenvalue weighted by molar-refractivity contribution is -0.334. The van der Waals surface area contributed by atoms with E-state index in [2.05, 4.69) is 37.2 Å². The monoisotopic (exact) mass is 1980 g/mol. The molecule has 0 saturated carbocycles. The van der Waals surface area contributed by atoms with Crippen molar-refractivity contribution in [3.8, 4) is 56.8 Å². The number of halogens is 3. The third-order valence-corrected chi connectivity index (χ3v) is 28.0. The average Bonchev–Trinajstić information content (AvgIpc) is 1.56. The molecule has 22 N–H and O–H groups in total. The lowest BCUT2D eigenvalue weighted by Gasteiger charge is -2.48. The van der Waals surface area contributed by atoms with E-state index in [1.165, 1.54) is 67.6 Å². The number of nitrogens with two attached hydrogens (primary N) is 3. The zero-order valence-corrected chi connectivity index (χ0v) is 80.6. The van der Waals surface area contributed by atoms with Crippen molar-refractivity contribution in [3.05, 3.63) is 187 Å². The number of aromatic hydroxyl groups is 1. The lowest BCUT2D eigenvalue weighted by atomic mass is 9.84. The molecule has 9 aliphatic rings. The van der Waals surface area contributed by atoms with Gasteiger partial charge >= 0.3 is 0 Å². The van der Waals surface area contributed by atoms with Crippen LogP contribution in [0, 0.1) is 17.8 Å². The summed E-state index contributed by atoms with van der Waals surface area (Å²) in [4.78, 5) is 125. The summed E-state index contributed by atoms with van der Waals surface area (Å²) in [5.74, 6) is -18.6. The van der Waals surface area contributed by atoms with Crippen LogP contribution in [0.15, 0.2) is 127 Å². The minimum atomic E-state index is -2.98. The highest BCUT2D eigenvalue weighted by molar-refractivity contribution is 6.32. The van der Waals surface area contributed by atoms with Crippen LogP contribution in [0.1, 0.15) is 207 Å². The van der Waals surface area contributed by atoms with Crippen LogP contribution in [0.2, 0.25) is 15.1 Å². The van der Waals surface area contributed by atoms with E-state index in [1.54, 1.807) is 39.8 Å². The van der Waals surface area contributed by atoms with Gasteiger partial charge in [-0.25, -0.2) is 0 Å². The molecular formula is C101H125Cl3N10O25. The smallest absolute Gasteiger partial charge is 0.246 e. The van der Waals surface area contributed by atoms with E-state index < -0.39 is 234 Å². The third-order valence-electron chi connectivity index (χ3n) is 27.2. The van der Waals surface area contributed by atoms with Gasteiger partial charge in [0.05, 0.1) is 52.9 Å². The molecule has 0 aromatic heterocycles. The van der Waals surface area contributed by atoms with E-state index in [9.17, 15) is 55.5 Å². The van der Waals surface area contributed by atoms with Gasteiger partial charge in [-0.05, 0) is 234 Å². The van der Waals surface area contributed by atoms with E-state index in [1.807, 2.05) is 50.2 Å². The topological polar surface area (TPSA) is 555 Å². The van der Waals surface area contributed by atoms with Gasteiger partial charge in [0.15, 0.2) is 47.5 Å². The summed E-state index contributed by atoms with van der Waals surface area (Å²) in [5, 5.41) is 130. The predicted molar refractivity (Wildman–Crippen MR) is 511 cm³/mol. The molecule has 11 bridgehead atoms. The number of phenols is 1. The van der Waals surface area contributed by atoms with Crippen molar-refractivity contribution in [3.63, 3.8) is 0 Å². The van der Waals surface area contributed by atoms with E-state index in [0.29, 0.717) is 37.5 Å². The molecule has 750 valence electrons. The number of phenolic OH excluding ortho intramolecular Hbond substituents is 1. The fourth-order valence-corrected chi connectivity index (χ4v) is 20.0. The first-order valence-corrected chi connectivity index (χ1v) is 48.4. The number of aliphatic hydroxyl groups is 8. The van der Waals surface area contributed by atoms with Gasteiger partial charge in [0.2, 0.25) is 47.4 Å². The van der Waals surface area contributed by atoms with Crippen molar-refractivity contribution in [2.45, 2.75) is 265 Å². The Morgan fingerprint density at radius 1 is 0.640 bits per heavy atom. The third kappa shape index (κ3) is 24.1. The second-order valence-corrected chi connectivity index (χ2v) is 39.5. The van der Waals surface area contributed by atoms with Gasteiger partial charge in [0.25, 0.3) is 0 Å². The largest absolute Gasteiger partial charge is 0.508 e. The first-order chi connectivity index (χ1) is 66.1. The number of carbonyl (C=O) groups excluding carboxylic acids is 8. The number of rotatable bonds is 32. The molecule has 8 heterocycles. The summed E-state index contributed by atoms with van der Waals surface area (Å²) in [5.41, 5.74) is 16.9. The average molecular weight is 1990 g/mol.